The molecule has 1 unspecified atom stereocenters. The van der Waals surface area contributed by atoms with Gasteiger partial charge in [0.05, 0.1) is 11.6 Å². The molecule has 0 amide bonds. The highest BCUT2D eigenvalue weighted by Gasteiger charge is 2.25. The van der Waals surface area contributed by atoms with E-state index in [1.54, 1.807) is 0 Å². The quantitative estimate of drug-likeness (QED) is 0.835. The maximum absolute atomic E-state index is 9.32. The molecule has 4 heteroatoms. The number of hydrogen-bond donors (Lipinski definition) is 0. The lowest BCUT2D eigenvalue weighted by molar-refractivity contribution is 0.152. The second-order valence-corrected chi connectivity index (χ2v) is 5.82. The molecule has 1 heterocycles. The third kappa shape index (κ3) is 2.94. The molecule has 0 saturated carbocycles. The molecule has 3 rings (SSSR count). The van der Waals surface area contributed by atoms with Crippen molar-refractivity contribution in [2.75, 3.05) is 13.1 Å². The Morgan fingerprint density at radius 3 is 2.73 bits per heavy atom. The zero-order valence-corrected chi connectivity index (χ0v) is 13.2. The minimum absolute atomic E-state index is 0.0626. The highest BCUT2D eigenvalue weighted by atomic mass is 35.5. The maximum atomic E-state index is 9.32. The molecule has 0 aromatic heterocycles. The van der Waals surface area contributed by atoms with E-state index in [0.717, 1.165) is 41.5 Å². The Morgan fingerprint density at radius 1 is 1.27 bits per heavy atom. The molecule has 0 spiro atoms. The van der Waals surface area contributed by atoms with Crippen LogP contribution in [0.5, 0.6) is 5.75 Å². The molecule has 1 aliphatic heterocycles. The van der Waals surface area contributed by atoms with Gasteiger partial charge in [0.2, 0.25) is 0 Å². The molecule has 2 aromatic rings. The summed E-state index contributed by atoms with van der Waals surface area (Å²) in [6.07, 6.45) is -0.0626. The molecule has 0 radical (unpaired) electrons. The fourth-order valence-corrected chi connectivity index (χ4v) is 2.87. The second kappa shape index (κ2) is 6.39. The van der Waals surface area contributed by atoms with E-state index >= 15 is 0 Å². The molecule has 0 bridgehead atoms. The number of fused-ring (bicyclic) bond motifs is 1. The number of nitriles is 1. The Kier molecular flexibility index (Phi) is 4.33. The minimum Gasteiger partial charge on any atom is -0.484 e. The number of ether oxygens (including phenoxy) is 1. The normalized spacial score (nSPS) is 18.0. The third-order valence-corrected chi connectivity index (χ3v) is 4.27. The van der Waals surface area contributed by atoms with E-state index in [2.05, 4.69) is 17.9 Å². The molecule has 112 valence electrons. The van der Waals surface area contributed by atoms with Gasteiger partial charge in [-0.2, -0.15) is 5.26 Å². The first-order chi connectivity index (χ1) is 10.7. The first-order valence-electron chi connectivity index (χ1n) is 7.37. The predicted octanol–water partition coefficient (Wildman–Crippen LogP) is 4.17. The van der Waals surface area contributed by atoms with Gasteiger partial charge in [-0.15, -0.1) is 0 Å². The molecule has 3 nitrogen and oxygen atoms in total. The van der Waals surface area contributed by atoms with Gasteiger partial charge in [0, 0.05) is 23.7 Å². The summed E-state index contributed by atoms with van der Waals surface area (Å²) in [7, 11) is 0. The van der Waals surface area contributed by atoms with Crippen molar-refractivity contribution in [3.8, 4) is 11.8 Å². The number of rotatable bonds is 2. The van der Waals surface area contributed by atoms with Crippen molar-refractivity contribution in [2.24, 2.45) is 0 Å². The van der Waals surface area contributed by atoms with Crippen LogP contribution in [0.15, 0.2) is 42.5 Å². The third-order valence-electron chi connectivity index (χ3n) is 4.02. The number of likely N-dealkylation sites (N-methyl/N-ethyl adjacent to an activating group) is 1. The summed E-state index contributed by atoms with van der Waals surface area (Å²) >= 11 is 5.97. The van der Waals surface area contributed by atoms with Gasteiger partial charge in [-0.05, 0) is 36.4 Å². The van der Waals surface area contributed by atoms with Crippen molar-refractivity contribution in [1.29, 1.82) is 5.26 Å². The molecule has 1 atom stereocenters. The lowest BCUT2D eigenvalue weighted by Gasteiger charge is -2.22. The standard InChI is InChI=1S/C18H17ClN2O/c1-2-21-11-16-14(10-20)4-3-5-17(16)22-18(12-21)13-6-8-15(19)9-7-13/h3-9,18H,2,11-12H2,1H3. The van der Waals surface area contributed by atoms with E-state index in [1.807, 2.05) is 42.5 Å². The molecular formula is C18H17ClN2O. The Bertz CT molecular complexity index is 706. The molecule has 0 fully saturated rings. The smallest absolute Gasteiger partial charge is 0.136 e. The van der Waals surface area contributed by atoms with Crippen LogP contribution in [-0.2, 0) is 6.54 Å². The van der Waals surface area contributed by atoms with Gasteiger partial charge < -0.3 is 4.74 Å². The highest BCUT2D eigenvalue weighted by molar-refractivity contribution is 6.30. The van der Waals surface area contributed by atoms with Gasteiger partial charge in [-0.25, -0.2) is 0 Å². The molecule has 0 N–H and O–H groups in total. The van der Waals surface area contributed by atoms with E-state index in [0.29, 0.717) is 5.56 Å². The summed E-state index contributed by atoms with van der Waals surface area (Å²) in [5.74, 6) is 0.801. The summed E-state index contributed by atoms with van der Waals surface area (Å²) in [5, 5.41) is 10.0. The molecule has 2 aromatic carbocycles. The Hall–Kier alpha value is -2.02. The van der Waals surface area contributed by atoms with Crippen molar-refractivity contribution in [2.45, 2.75) is 19.6 Å². The Labute approximate surface area is 135 Å². The Morgan fingerprint density at radius 2 is 2.05 bits per heavy atom. The van der Waals surface area contributed by atoms with Crippen molar-refractivity contribution in [1.82, 2.24) is 4.90 Å². The van der Waals surface area contributed by atoms with Crippen LogP contribution in [0.3, 0.4) is 0 Å². The fraction of sp³-hybridized carbons (Fsp3) is 0.278. The van der Waals surface area contributed by atoms with E-state index < -0.39 is 0 Å². The molecule has 0 saturated heterocycles. The monoisotopic (exact) mass is 312 g/mol. The van der Waals surface area contributed by atoms with Crippen LogP contribution in [0.25, 0.3) is 0 Å². The van der Waals surface area contributed by atoms with Crippen molar-refractivity contribution in [3.05, 3.63) is 64.2 Å². The largest absolute Gasteiger partial charge is 0.484 e. The van der Waals surface area contributed by atoms with Crippen molar-refractivity contribution >= 4 is 11.6 Å². The van der Waals surface area contributed by atoms with Crippen LogP contribution in [0.2, 0.25) is 5.02 Å². The highest BCUT2D eigenvalue weighted by Crippen LogP contribution is 2.33. The van der Waals surface area contributed by atoms with E-state index in [9.17, 15) is 5.26 Å². The number of halogens is 1. The predicted molar refractivity (Wildman–Crippen MR) is 86.9 cm³/mol. The summed E-state index contributed by atoms with van der Waals surface area (Å²) in [4.78, 5) is 2.30. The average molecular weight is 313 g/mol. The zero-order chi connectivity index (χ0) is 15.5. The van der Waals surface area contributed by atoms with Crippen LogP contribution in [0.1, 0.15) is 29.7 Å². The van der Waals surface area contributed by atoms with Gasteiger partial charge in [-0.1, -0.05) is 36.7 Å². The fourth-order valence-electron chi connectivity index (χ4n) is 2.75. The number of nitrogens with zero attached hydrogens (tertiary/aromatic N) is 2. The van der Waals surface area contributed by atoms with Gasteiger partial charge in [-0.3, -0.25) is 4.90 Å². The first kappa shape index (κ1) is 14.9. The van der Waals surface area contributed by atoms with Gasteiger partial charge in [0.15, 0.2) is 0 Å². The summed E-state index contributed by atoms with van der Waals surface area (Å²) < 4.78 is 6.22. The van der Waals surface area contributed by atoms with E-state index in [-0.39, 0.29) is 6.10 Å². The second-order valence-electron chi connectivity index (χ2n) is 5.38. The van der Waals surface area contributed by atoms with Gasteiger partial charge in [0.1, 0.15) is 11.9 Å². The first-order valence-corrected chi connectivity index (χ1v) is 7.75. The Balaban J connectivity index is 2.00. The van der Waals surface area contributed by atoms with E-state index in [1.165, 1.54) is 0 Å². The molecule has 1 aliphatic rings. The lowest BCUT2D eigenvalue weighted by atomic mass is 10.1. The number of hydrogen-bond acceptors (Lipinski definition) is 3. The maximum Gasteiger partial charge on any atom is 0.136 e. The number of benzene rings is 2. The molecule has 0 aliphatic carbocycles. The summed E-state index contributed by atoms with van der Waals surface area (Å²) in [5.41, 5.74) is 2.76. The van der Waals surface area contributed by atoms with Crippen LogP contribution >= 0.6 is 11.6 Å². The zero-order valence-electron chi connectivity index (χ0n) is 12.4. The average Bonchev–Trinajstić information content (AvgIpc) is 2.74. The van der Waals surface area contributed by atoms with Crippen molar-refractivity contribution in [3.63, 3.8) is 0 Å². The summed E-state index contributed by atoms with van der Waals surface area (Å²) in [6.45, 7) is 4.56. The van der Waals surface area contributed by atoms with E-state index in [4.69, 9.17) is 16.3 Å². The van der Waals surface area contributed by atoms with Crippen LogP contribution in [-0.4, -0.2) is 18.0 Å². The minimum atomic E-state index is -0.0626. The topological polar surface area (TPSA) is 36.3 Å². The summed E-state index contributed by atoms with van der Waals surface area (Å²) in [6, 6.07) is 15.7. The van der Waals surface area contributed by atoms with Crippen LogP contribution in [0.4, 0.5) is 0 Å². The van der Waals surface area contributed by atoms with Crippen LogP contribution in [0, 0.1) is 11.3 Å². The lowest BCUT2D eigenvalue weighted by Crippen LogP contribution is -2.28. The SMILES string of the molecule is CCN1Cc2c(C#N)cccc2OC(c2ccc(Cl)cc2)C1. The van der Waals surface area contributed by atoms with Crippen LogP contribution < -0.4 is 4.74 Å². The van der Waals surface area contributed by atoms with Gasteiger partial charge in [0.25, 0.3) is 0 Å². The van der Waals surface area contributed by atoms with Crippen molar-refractivity contribution < 1.29 is 4.74 Å². The van der Waals surface area contributed by atoms with Gasteiger partial charge >= 0.3 is 0 Å². The molecule has 22 heavy (non-hydrogen) atoms. The molecular weight excluding hydrogens is 296 g/mol.